The normalized spacial score (nSPS) is 11.2. The molecule has 0 fully saturated rings. The molecule has 21 heavy (non-hydrogen) atoms. The summed E-state index contributed by atoms with van der Waals surface area (Å²) in [5.74, 6) is -0.310. The van der Waals surface area contributed by atoms with Crippen molar-refractivity contribution in [3.8, 4) is 0 Å². The molecular weight excluding hydrogens is 323 g/mol. The predicted octanol–water partition coefficient (Wildman–Crippen LogP) is 4.10. The number of rotatable bonds is 4. The van der Waals surface area contributed by atoms with Gasteiger partial charge in [0.25, 0.3) is 5.91 Å². The number of thiophene rings is 1. The van der Waals surface area contributed by atoms with Gasteiger partial charge in [0.2, 0.25) is 0 Å². The molecule has 2 aromatic rings. The quantitative estimate of drug-likeness (QED) is 0.827. The van der Waals surface area contributed by atoms with Gasteiger partial charge in [0, 0.05) is 12.5 Å². The van der Waals surface area contributed by atoms with Crippen molar-refractivity contribution < 1.29 is 18.0 Å². The van der Waals surface area contributed by atoms with Crippen LogP contribution in [0.15, 0.2) is 29.8 Å². The Hall–Kier alpha value is -1.74. The molecule has 9 heteroatoms. The van der Waals surface area contributed by atoms with E-state index in [9.17, 15) is 18.0 Å². The third-order valence-corrected chi connectivity index (χ3v) is 3.67. The summed E-state index contributed by atoms with van der Waals surface area (Å²) < 4.78 is 40.9. The minimum atomic E-state index is -4.52. The van der Waals surface area contributed by atoms with E-state index in [-0.39, 0.29) is 11.5 Å². The van der Waals surface area contributed by atoms with Crippen LogP contribution >= 0.6 is 23.3 Å². The lowest BCUT2D eigenvalue weighted by molar-refractivity contribution is -0.137. The van der Waals surface area contributed by atoms with E-state index in [0.717, 1.165) is 24.2 Å². The topological polar surface area (TPSA) is 54.0 Å². The number of halogens is 3. The molecule has 1 amide bonds. The van der Waals surface area contributed by atoms with E-state index in [2.05, 4.69) is 15.0 Å². The number of nitrogens with one attached hydrogen (secondary N) is 2. The minimum Gasteiger partial charge on any atom is -0.318 e. The molecule has 0 saturated carbocycles. The molecule has 0 aliphatic heterocycles. The number of hydrogen-bond donors (Lipinski definition) is 2. The molecule has 0 bridgehead atoms. The highest BCUT2D eigenvalue weighted by Crippen LogP contribution is 2.33. The number of nitrogens with zero attached hydrogens (tertiary/aromatic N) is 1. The third kappa shape index (κ3) is 3.88. The van der Waals surface area contributed by atoms with Crippen molar-refractivity contribution in [2.75, 3.05) is 16.3 Å². The maximum Gasteiger partial charge on any atom is 0.417 e. The first kappa shape index (κ1) is 15.6. The lowest BCUT2D eigenvalue weighted by Crippen LogP contribution is -2.14. The standard InChI is InChI=1S/C12H10F3N3OS2/c1-20-18-10-8(5-7(6-16-10)12(13,14)15)17-11(19)9-3-2-4-21-9/h2-6H,1H3,(H,16,18)(H,17,19). The average molecular weight is 333 g/mol. The Morgan fingerprint density at radius 3 is 2.76 bits per heavy atom. The molecular formula is C12H10F3N3OS2. The van der Waals surface area contributed by atoms with Crippen LogP contribution < -0.4 is 10.0 Å². The summed E-state index contributed by atoms with van der Waals surface area (Å²) in [6, 6.07) is 4.13. The van der Waals surface area contributed by atoms with Crippen LogP contribution in [-0.2, 0) is 6.18 Å². The van der Waals surface area contributed by atoms with Gasteiger partial charge in [-0.3, -0.25) is 4.79 Å². The highest BCUT2D eigenvalue weighted by atomic mass is 32.2. The lowest BCUT2D eigenvalue weighted by Gasteiger charge is -2.13. The summed E-state index contributed by atoms with van der Waals surface area (Å²) in [6.45, 7) is 0. The molecule has 0 radical (unpaired) electrons. The van der Waals surface area contributed by atoms with Crippen LogP contribution in [0.25, 0.3) is 0 Å². The first-order chi connectivity index (χ1) is 9.91. The highest BCUT2D eigenvalue weighted by Gasteiger charge is 2.32. The molecule has 2 N–H and O–H groups in total. The molecule has 0 unspecified atom stereocenters. The summed E-state index contributed by atoms with van der Waals surface area (Å²) in [6.07, 6.45) is -2.10. The number of carbonyl (C=O) groups is 1. The highest BCUT2D eigenvalue weighted by molar-refractivity contribution is 7.99. The summed E-state index contributed by atoms with van der Waals surface area (Å²) in [7, 11) is 0. The smallest absolute Gasteiger partial charge is 0.318 e. The van der Waals surface area contributed by atoms with Gasteiger partial charge in [-0.15, -0.1) is 11.3 Å². The summed E-state index contributed by atoms with van der Waals surface area (Å²) in [5, 5.41) is 4.15. The van der Waals surface area contributed by atoms with Crippen LogP contribution in [-0.4, -0.2) is 17.1 Å². The second-order valence-corrected chi connectivity index (χ2v) is 5.42. The summed E-state index contributed by atoms with van der Waals surface area (Å²) >= 11 is 2.36. The van der Waals surface area contributed by atoms with Crippen LogP contribution in [0.1, 0.15) is 15.2 Å². The first-order valence-electron chi connectivity index (χ1n) is 5.63. The second kappa shape index (κ2) is 6.35. The zero-order valence-electron chi connectivity index (χ0n) is 10.7. The van der Waals surface area contributed by atoms with Crippen molar-refractivity contribution in [3.05, 3.63) is 40.2 Å². The fourth-order valence-corrected chi connectivity index (χ4v) is 2.46. The van der Waals surface area contributed by atoms with Gasteiger partial charge < -0.3 is 10.0 Å². The number of carbonyl (C=O) groups excluding carboxylic acids is 1. The molecule has 2 heterocycles. The van der Waals surface area contributed by atoms with E-state index in [1.54, 1.807) is 23.8 Å². The van der Waals surface area contributed by atoms with E-state index in [4.69, 9.17) is 0 Å². The Labute approximate surface area is 126 Å². The largest absolute Gasteiger partial charge is 0.417 e. The number of anilines is 2. The van der Waals surface area contributed by atoms with Crippen molar-refractivity contribution in [1.82, 2.24) is 4.98 Å². The van der Waals surface area contributed by atoms with E-state index in [1.807, 2.05) is 0 Å². The summed E-state index contributed by atoms with van der Waals surface area (Å²) in [5.41, 5.74) is -0.937. The maximum atomic E-state index is 12.7. The number of aromatic nitrogens is 1. The first-order valence-corrected chi connectivity index (χ1v) is 7.73. The Balaban J connectivity index is 2.32. The molecule has 112 valence electrons. The van der Waals surface area contributed by atoms with E-state index < -0.39 is 17.6 Å². The SMILES string of the molecule is CSNc1ncc(C(F)(F)F)cc1NC(=O)c1cccs1. The van der Waals surface area contributed by atoms with E-state index in [1.165, 1.54) is 11.3 Å². The van der Waals surface area contributed by atoms with Crippen molar-refractivity contribution >= 4 is 40.7 Å². The van der Waals surface area contributed by atoms with Crippen molar-refractivity contribution in [2.45, 2.75) is 6.18 Å². The Morgan fingerprint density at radius 2 is 2.19 bits per heavy atom. The van der Waals surface area contributed by atoms with Gasteiger partial charge in [-0.25, -0.2) is 4.98 Å². The molecule has 0 spiro atoms. The number of pyridine rings is 1. The van der Waals surface area contributed by atoms with E-state index in [0.29, 0.717) is 4.88 Å². The van der Waals surface area contributed by atoms with Crippen LogP contribution in [0.3, 0.4) is 0 Å². The Bertz CT molecular complexity index is 629. The monoisotopic (exact) mass is 333 g/mol. The minimum absolute atomic E-state index is 0.0161. The van der Waals surface area contributed by atoms with Gasteiger partial charge in [-0.05, 0) is 17.5 Å². The molecule has 4 nitrogen and oxygen atoms in total. The van der Waals surface area contributed by atoms with Crippen molar-refractivity contribution in [1.29, 1.82) is 0 Å². The molecule has 0 aromatic carbocycles. The van der Waals surface area contributed by atoms with Gasteiger partial charge in [0.15, 0.2) is 5.82 Å². The van der Waals surface area contributed by atoms with Crippen molar-refractivity contribution in [3.63, 3.8) is 0 Å². The predicted molar refractivity (Wildman–Crippen MR) is 78.6 cm³/mol. The molecule has 0 aliphatic carbocycles. The zero-order chi connectivity index (χ0) is 15.5. The van der Waals surface area contributed by atoms with Gasteiger partial charge in [0.05, 0.1) is 16.1 Å². The summed E-state index contributed by atoms with van der Waals surface area (Å²) in [4.78, 5) is 16.1. The average Bonchev–Trinajstić information content (AvgIpc) is 2.93. The molecule has 0 aliphatic rings. The second-order valence-electron chi connectivity index (χ2n) is 3.86. The van der Waals surface area contributed by atoms with Crippen LogP contribution in [0.2, 0.25) is 0 Å². The Kier molecular flexibility index (Phi) is 4.73. The molecule has 2 rings (SSSR count). The third-order valence-electron chi connectivity index (χ3n) is 2.41. The lowest BCUT2D eigenvalue weighted by atomic mass is 10.2. The molecule has 0 atom stereocenters. The number of alkyl halides is 3. The van der Waals surface area contributed by atoms with Gasteiger partial charge in [0.1, 0.15) is 0 Å². The van der Waals surface area contributed by atoms with Crippen molar-refractivity contribution in [2.24, 2.45) is 0 Å². The fraction of sp³-hybridized carbons (Fsp3) is 0.167. The number of hydrogen-bond acceptors (Lipinski definition) is 5. The van der Waals surface area contributed by atoms with Crippen LogP contribution in [0.5, 0.6) is 0 Å². The number of amides is 1. The van der Waals surface area contributed by atoms with Gasteiger partial charge >= 0.3 is 6.18 Å². The van der Waals surface area contributed by atoms with Gasteiger partial charge in [-0.1, -0.05) is 18.0 Å². The van der Waals surface area contributed by atoms with Crippen LogP contribution in [0.4, 0.5) is 24.7 Å². The molecule has 0 saturated heterocycles. The van der Waals surface area contributed by atoms with E-state index >= 15 is 0 Å². The fourth-order valence-electron chi connectivity index (χ4n) is 1.48. The molecule has 2 aromatic heterocycles. The maximum absolute atomic E-state index is 12.7. The van der Waals surface area contributed by atoms with Crippen LogP contribution in [0, 0.1) is 0 Å². The zero-order valence-corrected chi connectivity index (χ0v) is 12.3. The van der Waals surface area contributed by atoms with Gasteiger partial charge in [-0.2, -0.15) is 13.2 Å². The Morgan fingerprint density at radius 1 is 1.43 bits per heavy atom.